The van der Waals surface area contributed by atoms with Gasteiger partial charge >= 0.3 is 10.9 Å². The minimum atomic E-state index is 0.255. The third-order valence-corrected chi connectivity index (χ3v) is 4.01. The van der Waals surface area contributed by atoms with Gasteiger partial charge in [-0.25, -0.2) is 9.97 Å². The minimum Gasteiger partial charge on any atom is -0.353 e. The van der Waals surface area contributed by atoms with Crippen molar-refractivity contribution in [1.29, 1.82) is 0 Å². The molecule has 4 rings (SSSR count). The fourth-order valence-electron chi connectivity index (χ4n) is 2.75. The van der Waals surface area contributed by atoms with Crippen LogP contribution in [0.5, 0.6) is 0 Å². The number of pyridine rings is 1. The second kappa shape index (κ2) is 5.42. The van der Waals surface area contributed by atoms with Gasteiger partial charge in [0, 0.05) is 32.4 Å². The number of fused-ring (bicyclic) bond motifs is 1. The van der Waals surface area contributed by atoms with E-state index in [9.17, 15) is 0 Å². The third kappa shape index (κ3) is 2.33. The summed E-state index contributed by atoms with van der Waals surface area (Å²) in [5.74, 6) is 1.86. The van der Waals surface area contributed by atoms with E-state index in [4.69, 9.17) is 11.6 Å². The number of rotatable bonds is 2. The van der Waals surface area contributed by atoms with Crippen LogP contribution < -0.4 is 14.8 Å². The van der Waals surface area contributed by atoms with E-state index < -0.39 is 0 Å². The van der Waals surface area contributed by atoms with E-state index >= 15 is 0 Å². The highest BCUT2D eigenvalue weighted by molar-refractivity contribution is 6.28. The van der Waals surface area contributed by atoms with Gasteiger partial charge in [0.15, 0.2) is 12.1 Å². The summed E-state index contributed by atoms with van der Waals surface area (Å²) in [7, 11) is 0. The predicted molar refractivity (Wildman–Crippen MR) is 84.1 cm³/mol. The van der Waals surface area contributed by atoms with Crippen molar-refractivity contribution in [3.8, 4) is 0 Å². The number of aromatic nitrogens is 5. The summed E-state index contributed by atoms with van der Waals surface area (Å²) in [6, 6.07) is 5.98. The Bertz CT molecular complexity index is 780. The van der Waals surface area contributed by atoms with Crippen LogP contribution in [0.4, 0.5) is 11.6 Å². The van der Waals surface area contributed by atoms with E-state index in [0.717, 1.165) is 49.0 Å². The first-order chi connectivity index (χ1) is 10.8. The number of aromatic amines is 2. The molecule has 1 saturated heterocycles. The number of anilines is 2. The maximum absolute atomic E-state index is 6.02. The third-order valence-electron chi connectivity index (χ3n) is 3.84. The lowest BCUT2D eigenvalue weighted by Crippen LogP contribution is -2.47. The van der Waals surface area contributed by atoms with Crippen molar-refractivity contribution >= 4 is 34.4 Å². The molecule has 0 aliphatic carbocycles. The summed E-state index contributed by atoms with van der Waals surface area (Å²) >= 11 is 6.02. The summed E-state index contributed by atoms with van der Waals surface area (Å²) in [5.41, 5.74) is 1.61. The van der Waals surface area contributed by atoms with E-state index in [0.29, 0.717) is 0 Å². The van der Waals surface area contributed by atoms with Gasteiger partial charge in [-0.2, -0.15) is 4.98 Å². The van der Waals surface area contributed by atoms with Crippen molar-refractivity contribution in [2.45, 2.75) is 0 Å². The minimum absolute atomic E-state index is 0.255. The first-order valence-electron chi connectivity index (χ1n) is 7.14. The van der Waals surface area contributed by atoms with Crippen LogP contribution in [0.25, 0.3) is 11.2 Å². The van der Waals surface area contributed by atoms with Crippen LogP contribution in [0.1, 0.15) is 0 Å². The molecule has 0 radical (unpaired) electrons. The molecule has 4 heterocycles. The molecular weight excluding hydrogens is 302 g/mol. The molecule has 0 unspecified atom stereocenters. The quantitative estimate of drug-likeness (QED) is 0.718. The molecule has 22 heavy (non-hydrogen) atoms. The van der Waals surface area contributed by atoms with E-state index in [1.165, 1.54) is 0 Å². The van der Waals surface area contributed by atoms with Gasteiger partial charge in [0.05, 0.1) is 0 Å². The number of nitrogens with one attached hydrogen (secondary N) is 2. The maximum atomic E-state index is 6.02. The standard InChI is InChI=1S/C14H14ClN7/c15-14-19-12-11(17-9-18-12)13(20-14)22-7-5-21(6-8-22)10-3-1-2-4-16-10/h1-4,9H,5-8H2,(H,17,18,19,20)/p+1. The number of imidazole rings is 1. The SMILES string of the molecule is Clc1nc(N2CCN(c3ccccn3)CC2)c2[nH]c[nH+]c2n1. The van der Waals surface area contributed by atoms with Gasteiger partial charge in [-0.15, -0.1) is 0 Å². The Labute approximate surface area is 132 Å². The summed E-state index contributed by atoms with van der Waals surface area (Å²) in [6.45, 7) is 3.51. The summed E-state index contributed by atoms with van der Waals surface area (Å²) in [4.78, 5) is 23.7. The van der Waals surface area contributed by atoms with Crippen LogP contribution >= 0.6 is 11.6 Å². The lowest BCUT2D eigenvalue weighted by molar-refractivity contribution is -0.347. The first kappa shape index (κ1) is 13.3. The number of hydrogen-bond acceptors (Lipinski definition) is 5. The molecule has 1 aliphatic rings. The van der Waals surface area contributed by atoms with Crippen molar-refractivity contribution in [1.82, 2.24) is 19.9 Å². The van der Waals surface area contributed by atoms with Crippen LogP contribution in [-0.4, -0.2) is 46.1 Å². The maximum Gasteiger partial charge on any atom is 0.306 e. The lowest BCUT2D eigenvalue weighted by Gasteiger charge is -2.35. The molecule has 0 saturated carbocycles. The number of piperazine rings is 1. The Morgan fingerprint density at radius 3 is 2.68 bits per heavy atom. The zero-order chi connectivity index (χ0) is 14.9. The van der Waals surface area contributed by atoms with Gasteiger partial charge in [-0.3, -0.25) is 4.98 Å². The molecule has 0 bridgehead atoms. The first-order valence-corrected chi connectivity index (χ1v) is 7.52. The molecule has 0 atom stereocenters. The number of halogens is 1. The fraction of sp³-hybridized carbons (Fsp3) is 0.286. The van der Waals surface area contributed by atoms with Crippen molar-refractivity contribution in [3.05, 3.63) is 36.0 Å². The highest BCUT2D eigenvalue weighted by Crippen LogP contribution is 2.23. The average molecular weight is 317 g/mol. The van der Waals surface area contributed by atoms with Crippen LogP contribution in [0.3, 0.4) is 0 Å². The molecule has 1 fully saturated rings. The second-order valence-electron chi connectivity index (χ2n) is 5.13. The zero-order valence-corrected chi connectivity index (χ0v) is 12.6. The number of nitrogens with zero attached hydrogens (tertiary/aromatic N) is 5. The van der Waals surface area contributed by atoms with E-state index in [1.807, 2.05) is 24.4 Å². The van der Waals surface area contributed by atoms with E-state index in [2.05, 4.69) is 34.7 Å². The number of H-pyrrole nitrogens is 2. The highest BCUT2D eigenvalue weighted by Gasteiger charge is 2.24. The summed E-state index contributed by atoms with van der Waals surface area (Å²) < 4.78 is 0. The molecule has 3 aromatic heterocycles. The smallest absolute Gasteiger partial charge is 0.306 e. The highest BCUT2D eigenvalue weighted by atomic mass is 35.5. The topological polar surface area (TPSA) is 75.1 Å². The zero-order valence-electron chi connectivity index (χ0n) is 11.8. The molecular formula is C14H15ClN7+. The van der Waals surface area contributed by atoms with Crippen LogP contribution in [0, 0.1) is 0 Å². The monoisotopic (exact) mass is 316 g/mol. The van der Waals surface area contributed by atoms with Crippen LogP contribution in [-0.2, 0) is 0 Å². The molecule has 7 nitrogen and oxygen atoms in total. The fourth-order valence-corrected chi connectivity index (χ4v) is 2.92. The Morgan fingerprint density at radius 1 is 1.09 bits per heavy atom. The number of hydrogen-bond donors (Lipinski definition) is 1. The molecule has 1 aliphatic heterocycles. The second-order valence-corrected chi connectivity index (χ2v) is 5.47. The Balaban J connectivity index is 1.57. The Kier molecular flexibility index (Phi) is 3.27. The molecule has 3 aromatic rings. The van der Waals surface area contributed by atoms with Crippen molar-refractivity contribution in [3.63, 3.8) is 0 Å². The largest absolute Gasteiger partial charge is 0.353 e. The molecule has 8 heteroatoms. The van der Waals surface area contributed by atoms with Gasteiger partial charge in [0.25, 0.3) is 0 Å². The molecule has 0 spiro atoms. The molecule has 0 aromatic carbocycles. The Morgan fingerprint density at radius 2 is 1.91 bits per heavy atom. The van der Waals surface area contributed by atoms with Crippen molar-refractivity contribution in [2.75, 3.05) is 36.0 Å². The molecule has 112 valence electrons. The Hall–Kier alpha value is -2.41. The summed E-state index contributed by atoms with van der Waals surface area (Å²) in [5, 5.41) is 0.255. The van der Waals surface area contributed by atoms with E-state index in [1.54, 1.807) is 6.33 Å². The predicted octanol–water partition coefficient (Wildman–Crippen LogP) is 1.15. The molecule has 0 amide bonds. The van der Waals surface area contributed by atoms with Gasteiger partial charge in [-0.1, -0.05) is 11.1 Å². The van der Waals surface area contributed by atoms with E-state index in [-0.39, 0.29) is 5.28 Å². The van der Waals surface area contributed by atoms with Crippen LogP contribution in [0.2, 0.25) is 5.28 Å². The van der Waals surface area contributed by atoms with Crippen molar-refractivity contribution in [2.24, 2.45) is 0 Å². The molecule has 2 N–H and O–H groups in total. The van der Waals surface area contributed by atoms with Crippen LogP contribution in [0.15, 0.2) is 30.7 Å². The normalized spacial score (nSPS) is 15.5. The van der Waals surface area contributed by atoms with Crippen molar-refractivity contribution < 1.29 is 4.98 Å². The van der Waals surface area contributed by atoms with Gasteiger partial charge in [-0.05, 0) is 23.7 Å². The average Bonchev–Trinajstić information content (AvgIpc) is 3.03. The van der Waals surface area contributed by atoms with Gasteiger partial charge in [0.2, 0.25) is 5.52 Å². The van der Waals surface area contributed by atoms with Gasteiger partial charge in [0.1, 0.15) is 5.82 Å². The van der Waals surface area contributed by atoms with Gasteiger partial charge < -0.3 is 9.80 Å². The summed E-state index contributed by atoms with van der Waals surface area (Å²) in [6.07, 6.45) is 3.56. The lowest BCUT2D eigenvalue weighted by atomic mass is 10.3.